The molecule has 0 saturated carbocycles. The van der Waals surface area contributed by atoms with Gasteiger partial charge in [0.25, 0.3) is 0 Å². The highest BCUT2D eigenvalue weighted by atomic mass is 35.5. The van der Waals surface area contributed by atoms with E-state index >= 15 is 0 Å². The number of aliphatic hydroxyl groups is 1. The summed E-state index contributed by atoms with van der Waals surface area (Å²) in [5.41, 5.74) is 3.46. The van der Waals surface area contributed by atoms with Crippen LogP contribution in [0.2, 0.25) is 5.02 Å². The Balaban J connectivity index is 1.36. The lowest BCUT2D eigenvalue weighted by molar-refractivity contribution is 0.0101. The van der Waals surface area contributed by atoms with Crippen LogP contribution >= 0.6 is 11.6 Å². The molecule has 1 aliphatic rings. The molecule has 4 heterocycles. The van der Waals surface area contributed by atoms with Gasteiger partial charge in [0, 0.05) is 23.9 Å². The molecule has 3 aromatic heterocycles. The Morgan fingerprint density at radius 1 is 1.09 bits per heavy atom. The van der Waals surface area contributed by atoms with Gasteiger partial charge in [0.2, 0.25) is 0 Å². The number of aromatic amines is 2. The SMILES string of the molecule is OC(c1ccc(Oc2ccccc2)cc1Cl)c1c[nH]c2ncc3[nH]c(C4CCCCO4)nc3c12. The van der Waals surface area contributed by atoms with Crippen molar-refractivity contribution in [1.29, 1.82) is 0 Å². The van der Waals surface area contributed by atoms with Crippen LogP contribution < -0.4 is 4.74 Å². The molecular weight excluding hydrogens is 452 g/mol. The highest BCUT2D eigenvalue weighted by Crippen LogP contribution is 2.37. The number of benzene rings is 2. The van der Waals surface area contributed by atoms with Crippen LogP contribution in [-0.2, 0) is 4.74 Å². The average Bonchev–Trinajstić information content (AvgIpc) is 3.49. The molecule has 3 N–H and O–H groups in total. The Hall–Kier alpha value is -3.39. The van der Waals surface area contributed by atoms with Crippen molar-refractivity contribution in [3.8, 4) is 11.5 Å². The highest BCUT2D eigenvalue weighted by molar-refractivity contribution is 6.31. The average molecular weight is 475 g/mol. The lowest BCUT2D eigenvalue weighted by Gasteiger charge is -2.20. The first-order valence-electron chi connectivity index (χ1n) is 11.3. The summed E-state index contributed by atoms with van der Waals surface area (Å²) in [7, 11) is 0. The maximum Gasteiger partial charge on any atom is 0.139 e. The van der Waals surface area contributed by atoms with E-state index in [1.807, 2.05) is 30.3 Å². The van der Waals surface area contributed by atoms with E-state index in [0.717, 1.165) is 48.1 Å². The minimum absolute atomic E-state index is 0.0462. The Bertz CT molecular complexity index is 1460. The van der Waals surface area contributed by atoms with Crippen LogP contribution in [-0.4, -0.2) is 31.6 Å². The number of hydrogen-bond donors (Lipinski definition) is 3. The number of rotatable bonds is 5. The van der Waals surface area contributed by atoms with Crippen LogP contribution in [0.4, 0.5) is 0 Å². The molecule has 7 nitrogen and oxygen atoms in total. The van der Waals surface area contributed by atoms with Crippen molar-refractivity contribution in [2.24, 2.45) is 0 Å². The van der Waals surface area contributed by atoms with Gasteiger partial charge < -0.3 is 24.5 Å². The zero-order valence-electron chi connectivity index (χ0n) is 18.3. The van der Waals surface area contributed by atoms with Crippen molar-refractivity contribution in [3.63, 3.8) is 0 Å². The van der Waals surface area contributed by atoms with Crippen molar-refractivity contribution in [2.75, 3.05) is 6.61 Å². The number of H-pyrrole nitrogens is 2. The Morgan fingerprint density at radius 2 is 1.97 bits per heavy atom. The van der Waals surface area contributed by atoms with Gasteiger partial charge in [-0.2, -0.15) is 0 Å². The fourth-order valence-electron chi connectivity index (χ4n) is 4.51. The lowest BCUT2D eigenvalue weighted by atomic mass is 10.0. The molecular formula is C26H23ClN4O3. The summed E-state index contributed by atoms with van der Waals surface area (Å²) in [5.74, 6) is 2.11. The van der Waals surface area contributed by atoms with Crippen LogP contribution in [0.1, 0.15) is 48.4 Å². The van der Waals surface area contributed by atoms with Gasteiger partial charge in [0.15, 0.2) is 0 Å². The number of imidazole rings is 1. The molecule has 2 aromatic carbocycles. The number of hydrogen-bond acceptors (Lipinski definition) is 5. The second-order valence-electron chi connectivity index (χ2n) is 8.47. The van der Waals surface area contributed by atoms with E-state index in [2.05, 4.69) is 15.0 Å². The van der Waals surface area contributed by atoms with Gasteiger partial charge in [-0.3, -0.25) is 0 Å². The molecule has 5 aromatic rings. The molecule has 2 atom stereocenters. The van der Waals surface area contributed by atoms with Crippen molar-refractivity contribution in [3.05, 3.63) is 82.9 Å². The topological polar surface area (TPSA) is 96.1 Å². The molecule has 8 heteroatoms. The first-order valence-corrected chi connectivity index (χ1v) is 11.7. The van der Waals surface area contributed by atoms with Gasteiger partial charge in [-0.1, -0.05) is 35.9 Å². The van der Waals surface area contributed by atoms with Gasteiger partial charge in [-0.05, 0) is 43.5 Å². The number of aliphatic hydroxyl groups excluding tert-OH is 1. The van der Waals surface area contributed by atoms with Gasteiger partial charge in [0.1, 0.15) is 40.7 Å². The van der Waals surface area contributed by atoms with E-state index in [0.29, 0.717) is 33.3 Å². The maximum atomic E-state index is 11.3. The van der Waals surface area contributed by atoms with Gasteiger partial charge in [-0.15, -0.1) is 0 Å². The normalized spacial score (nSPS) is 17.3. The first kappa shape index (κ1) is 21.2. The standard InChI is InChI=1S/C26H23ClN4O3/c27-19-12-16(34-15-6-2-1-3-7-15)9-10-17(19)24(32)18-13-28-26-22(18)23-20(14-29-26)30-25(31-23)21-8-4-5-11-33-21/h1-3,6-7,9-10,12-14,21,24,32H,4-5,8,11H2,(H,28,29)(H,30,31). The Labute approximate surface area is 200 Å². The summed E-state index contributed by atoms with van der Waals surface area (Å²) >= 11 is 6.58. The van der Waals surface area contributed by atoms with Crippen molar-refractivity contribution >= 4 is 33.7 Å². The van der Waals surface area contributed by atoms with Crippen LogP contribution in [0.15, 0.2) is 60.9 Å². The van der Waals surface area contributed by atoms with Crippen LogP contribution in [0, 0.1) is 0 Å². The second-order valence-corrected chi connectivity index (χ2v) is 8.87. The fourth-order valence-corrected chi connectivity index (χ4v) is 4.78. The maximum absolute atomic E-state index is 11.3. The summed E-state index contributed by atoms with van der Waals surface area (Å²) in [6, 6.07) is 14.8. The lowest BCUT2D eigenvalue weighted by Crippen LogP contribution is -2.12. The number of pyridine rings is 1. The van der Waals surface area contributed by atoms with E-state index in [-0.39, 0.29) is 6.10 Å². The van der Waals surface area contributed by atoms with Gasteiger partial charge in [0.05, 0.1) is 22.1 Å². The van der Waals surface area contributed by atoms with Crippen molar-refractivity contribution < 1.29 is 14.6 Å². The van der Waals surface area contributed by atoms with E-state index in [4.69, 9.17) is 26.1 Å². The minimum Gasteiger partial charge on any atom is -0.457 e. The van der Waals surface area contributed by atoms with Gasteiger partial charge >= 0.3 is 0 Å². The predicted octanol–water partition coefficient (Wildman–Crippen LogP) is 6.21. The second kappa shape index (κ2) is 8.76. The number of ether oxygens (including phenoxy) is 2. The number of para-hydroxylation sites is 1. The Kier molecular flexibility index (Phi) is 5.45. The van der Waals surface area contributed by atoms with Crippen LogP contribution in [0.3, 0.4) is 0 Å². The zero-order chi connectivity index (χ0) is 23.1. The molecule has 1 aliphatic heterocycles. The predicted molar refractivity (Wildman–Crippen MR) is 130 cm³/mol. The molecule has 0 spiro atoms. The molecule has 0 bridgehead atoms. The zero-order valence-corrected chi connectivity index (χ0v) is 19.0. The number of nitrogens with zero attached hydrogens (tertiary/aromatic N) is 2. The van der Waals surface area contributed by atoms with Crippen LogP contribution in [0.5, 0.6) is 11.5 Å². The molecule has 0 radical (unpaired) electrons. The van der Waals surface area contributed by atoms with E-state index in [1.165, 1.54) is 0 Å². The van der Waals surface area contributed by atoms with E-state index in [1.54, 1.807) is 30.6 Å². The van der Waals surface area contributed by atoms with Crippen LogP contribution in [0.25, 0.3) is 22.1 Å². The molecule has 1 saturated heterocycles. The molecule has 1 fully saturated rings. The smallest absolute Gasteiger partial charge is 0.139 e. The monoisotopic (exact) mass is 474 g/mol. The summed E-state index contributed by atoms with van der Waals surface area (Å²) in [5, 5.41) is 12.5. The number of nitrogens with one attached hydrogen (secondary N) is 2. The number of fused-ring (bicyclic) bond motifs is 3. The molecule has 6 rings (SSSR count). The number of halogens is 1. The summed E-state index contributed by atoms with van der Waals surface area (Å²) in [6.45, 7) is 0.742. The Morgan fingerprint density at radius 3 is 2.76 bits per heavy atom. The molecule has 172 valence electrons. The summed E-state index contributed by atoms with van der Waals surface area (Å²) < 4.78 is 11.8. The first-order chi connectivity index (χ1) is 16.7. The fraction of sp³-hybridized carbons (Fsp3) is 0.231. The third kappa shape index (κ3) is 3.81. The third-order valence-corrected chi connectivity index (χ3v) is 6.55. The summed E-state index contributed by atoms with van der Waals surface area (Å²) in [6.07, 6.45) is 5.63. The van der Waals surface area contributed by atoms with Crippen molar-refractivity contribution in [1.82, 2.24) is 19.9 Å². The molecule has 2 unspecified atom stereocenters. The summed E-state index contributed by atoms with van der Waals surface area (Å²) in [4.78, 5) is 15.9. The van der Waals surface area contributed by atoms with Crippen molar-refractivity contribution in [2.45, 2.75) is 31.5 Å². The van der Waals surface area contributed by atoms with Gasteiger partial charge in [-0.25, -0.2) is 9.97 Å². The van der Waals surface area contributed by atoms with E-state index < -0.39 is 6.10 Å². The quantitative estimate of drug-likeness (QED) is 0.281. The third-order valence-electron chi connectivity index (χ3n) is 6.22. The molecule has 0 amide bonds. The molecule has 34 heavy (non-hydrogen) atoms. The molecule has 0 aliphatic carbocycles. The highest BCUT2D eigenvalue weighted by Gasteiger charge is 2.24. The largest absolute Gasteiger partial charge is 0.457 e. The minimum atomic E-state index is -0.967. The number of aromatic nitrogens is 4. The van der Waals surface area contributed by atoms with E-state index in [9.17, 15) is 5.11 Å².